The molecule has 6 nitrogen and oxygen atoms in total. The van der Waals surface area contributed by atoms with Crippen LogP contribution in [-0.4, -0.2) is 40.9 Å². The van der Waals surface area contributed by atoms with Crippen molar-refractivity contribution in [3.8, 4) is 0 Å². The van der Waals surface area contributed by atoms with E-state index in [1.165, 1.54) is 0 Å². The van der Waals surface area contributed by atoms with Crippen molar-refractivity contribution in [1.29, 1.82) is 0 Å². The van der Waals surface area contributed by atoms with Gasteiger partial charge >= 0.3 is 5.97 Å². The number of aliphatic carboxylic acids is 1. The highest BCUT2D eigenvalue weighted by atomic mass is 16.5. The highest BCUT2D eigenvalue weighted by molar-refractivity contribution is 5.83. The molecule has 6 heteroatoms. The Bertz CT molecular complexity index is 476. The number of rotatable bonds is 5. The zero-order chi connectivity index (χ0) is 14.5. The first-order chi connectivity index (χ1) is 9.61. The molecule has 1 aliphatic heterocycles. The molecule has 1 heterocycles. The number of amides is 1. The Morgan fingerprint density at radius 2 is 1.90 bits per heavy atom. The van der Waals surface area contributed by atoms with Crippen LogP contribution in [0.1, 0.15) is 24.4 Å². The standard InChI is InChI=1S/C14H17NO5/c16-8-10(9-4-2-1-3-5-9)15-13(17)11-6-7-12(20-11)14(18)19/h1-5,10-12,16H,6-8H2,(H,15,17)(H,18,19)/t10-,11+,12-/m1/s1. The molecule has 0 aromatic heterocycles. The second-order valence-electron chi connectivity index (χ2n) is 4.68. The van der Waals surface area contributed by atoms with Crippen molar-refractivity contribution < 1.29 is 24.5 Å². The Morgan fingerprint density at radius 3 is 2.45 bits per heavy atom. The van der Waals surface area contributed by atoms with Crippen molar-refractivity contribution >= 4 is 11.9 Å². The lowest BCUT2D eigenvalue weighted by atomic mass is 10.1. The SMILES string of the molecule is O=C(N[C@H](CO)c1ccccc1)[C@@H]1CC[C@H](C(=O)O)O1. The van der Waals surface area contributed by atoms with E-state index in [4.69, 9.17) is 9.84 Å². The van der Waals surface area contributed by atoms with Crippen molar-refractivity contribution in [2.24, 2.45) is 0 Å². The van der Waals surface area contributed by atoms with Gasteiger partial charge in [-0.25, -0.2) is 4.79 Å². The summed E-state index contributed by atoms with van der Waals surface area (Å²) in [7, 11) is 0. The molecule has 2 rings (SSSR count). The van der Waals surface area contributed by atoms with Crippen LogP contribution in [0.5, 0.6) is 0 Å². The summed E-state index contributed by atoms with van der Waals surface area (Å²) in [6, 6.07) is 8.56. The minimum atomic E-state index is -1.05. The lowest BCUT2D eigenvalue weighted by molar-refractivity contribution is -0.152. The van der Waals surface area contributed by atoms with Gasteiger partial charge < -0.3 is 20.3 Å². The molecule has 0 bridgehead atoms. The molecular weight excluding hydrogens is 262 g/mol. The fourth-order valence-electron chi connectivity index (χ4n) is 2.20. The largest absolute Gasteiger partial charge is 0.479 e. The van der Waals surface area contributed by atoms with Gasteiger partial charge in [-0.15, -0.1) is 0 Å². The van der Waals surface area contributed by atoms with E-state index in [2.05, 4.69) is 5.32 Å². The summed E-state index contributed by atoms with van der Waals surface area (Å²) in [6.45, 7) is -0.231. The maximum atomic E-state index is 12.0. The number of carboxylic acids is 1. The number of hydrogen-bond donors (Lipinski definition) is 3. The number of ether oxygens (including phenoxy) is 1. The topological polar surface area (TPSA) is 95.9 Å². The average molecular weight is 279 g/mol. The quantitative estimate of drug-likeness (QED) is 0.728. The molecular formula is C14H17NO5. The molecule has 0 spiro atoms. The molecule has 1 amide bonds. The lowest BCUT2D eigenvalue weighted by Gasteiger charge is -2.19. The average Bonchev–Trinajstić information content (AvgIpc) is 2.95. The Kier molecular flexibility index (Phi) is 4.70. The zero-order valence-electron chi connectivity index (χ0n) is 10.9. The molecule has 108 valence electrons. The van der Waals surface area contributed by atoms with Gasteiger partial charge in [0.25, 0.3) is 0 Å². The van der Waals surface area contributed by atoms with Crippen molar-refractivity contribution in [1.82, 2.24) is 5.32 Å². The lowest BCUT2D eigenvalue weighted by Crippen LogP contribution is -2.39. The van der Waals surface area contributed by atoms with Gasteiger partial charge in [-0.2, -0.15) is 0 Å². The van der Waals surface area contributed by atoms with E-state index in [9.17, 15) is 14.7 Å². The van der Waals surface area contributed by atoms with E-state index >= 15 is 0 Å². The molecule has 1 fully saturated rings. The van der Waals surface area contributed by atoms with Crippen molar-refractivity contribution in [2.45, 2.75) is 31.1 Å². The molecule has 3 atom stereocenters. The molecule has 1 aliphatic rings. The molecule has 1 aromatic carbocycles. The van der Waals surface area contributed by atoms with E-state index in [1.807, 2.05) is 18.2 Å². The number of aliphatic hydroxyl groups excluding tert-OH is 1. The first-order valence-electron chi connectivity index (χ1n) is 6.46. The summed E-state index contributed by atoms with van der Waals surface area (Å²) in [4.78, 5) is 22.8. The molecule has 0 saturated carbocycles. The maximum absolute atomic E-state index is 12.0. The second-order valence-corrected chi connectivity index (χ2v) is 4.68. The van der Waals surface area contributed by atoms with Crippen molar-refractivity contribution in [2.75, 3.05) is 6.61 Å². The van der Waals surface area contributed by atoms with Gasteiger partial charge in [0.15, 0.2) is 6.10 Å². The van der Waals surface area contributed by atoms with Gasteiger partial charge in [0.2, 0.25) is 5.91 Å². The molecule has 3 N–H and O–H groups in total. The molecule has 1 aromatic rings. The Balaban J connectivity index is 1.95. The maximum Gasteiger partial charge on any atom is 0.332 e. The summed E-state index contributed by atoms with van der Waals surface area (Å²) >= 11 is 0. The predicted octanol–water partition coefficient (Wildman–Crippen LogP) is 0.468. The van der Waals surface area contributed by atoms with E-state index in [0.29, 0.717) is 12.8 Å². The molecule has 0 unspecified atom stereocenters. The van der Waals surface area contributed by atoms with Crippen LogP contribution >= 0.6 is 0 Å². The molecule has 1 saturated heterocycles. The van der Waals surface area contributed by atoms with Crippen LogP contribution < -0.4 is 5.32 Å². The Hall–Kier alpha value is -1.92. The van der Waals surface area contributed by atoms with Gasteiger partial charge in [0, 0.05) is 0 Å². The summed E-state index contributed by atoms with van der Waals surface area (Å²) < 4.78 is 5.17. The number of benzene rings is 1. The van der Waals surface area contributed by atoms with Gasteiger partial charge in [-0.05, 0) is 18.4 Å². The number of hydrogen-bond acceptors (Lipinski definition) is 4. The van der Waals surface area contributed by atoms with E-state index < -0.39 is 30.1 Å². The Labute approximate surface area is 116 Å². The second kappa shape index (κ2) is 6.49. The molecule has 20 heavy (non-hydrogen) atoms. The fourth-order valence-corrected chi connectivity index (χ4v) is 2.20. The number of aliphatic hydroxyl groups is 1. The van der Waals surface area contributed by atoms with Crippen LogP contribution in [0.4, 0.5) is 0 Å². The van der Waals surface area contributed by atoms with Crippen LogP contribution in [0.3, 0.4) is 0 Å². The third kappa shape index (κ3) is 3.34. The summed E-state index contributed by atoms with van der Waals surface area (Å²) in [5.41, 5.74) is 0.788. The van der Waals surface area contributed by atoms with Gasteiger partial charge in [-0.1, -0.05) is 30.3 Å². The van der Waals surface area contributed by atoms with Crippen LogP contribution in [0.25, 0.3) is 0 Å². The highest BCUT2D eigenvalue weighted by Crippen LogP contribution is 2.21. The summed E-state index contributed by atoms with van der Waals surface area (Å²) in [5.74, 6) is -1.45. The van der Waals surface area contributed by atoms with Crippen LogP contribution in [-0.2, 0) is 14.3 Å². The van der Waals surface area contributed by atoms with Crippen molar-refractivity contribution in [3.63, 3.8) is 0 Å². The highest BCUT2D eigenvalue weighted by Gasteiger charge is 2.35. The number of carboxylic acid groups (broad SMARTS) is 1. The minimum Gasteiger partial charge on any atom is -0.479 e. The minimum absolute atomic E-state index is 0.231. The van der Waals surface area contributed by atoms with Gasteiger partial charge in [0.05, 0.1) is 12.6 Å². The zero-order valence-corrected chi connectivity index (χ0v) is 10.9. The summed E-state index contributed by atoms with van der Waals surface area (Å²) in [5, 5.41) is 20.9. The van der Waals surface area contributed by atoms with Crippen molar-refractivity contribution in [3.05, 3.63) is 35.9 Å². The monoisotopic (exact) mass is 279 g/mol. The first-order valence-corrected chi connectivity index (χ1v) is 6.46. The normalized spacial score (nSPS) is 23.2. The van der Waals surface area contributed by atoms with Crippen LogP contribution in [0, 0.1) is 0 Å². The third-order valence-electron chi connectivity index (χ3n) is 3.29. The first kappa shape index (κ1) is 14.5. The van der Waals surface area contributed by atoms with Gasteiger partial charge in [-0.3, -0.25) is 4.79 Å². The van der Waals surface area contributed by atoms with E-state index in [-0.39, 0.29) is 6.61 Å². The molecule has 0 aliphatic carbocycles. The van der Waals surface area contributed by atoms with E-state index in [0.717, 1.165) is 5.56 Å². The van der Waals surface area contributed by atoms with Crippen LogP contribution in [0.15, 0.2) is 30.3 Å². The van der Waals surface area contributed by atoms with Crippen LogP contribution in [0.2, 0.25) is 0 Å². The molecule has 0 radical (unpaired) electrons. The third-order valence-corrected chi connectivity index (χ3v) is 3.29. The number of carbonyl (C=O) groups excluding carboxylic acids is 1. The van der Waals surface area contributed by atoms with E-state index in [1.54, 1.807) is 12.1 Å². The Morgan fingerprint density at radius 1 is 1.25 bits per heavy atom. The smallest absolute Gasteiger partial charge is 0.332 e. The predicted molar refractivity (Wildman–Crippen MR) is 69.9 cm³/mol. The number of carbonyl (C=O) groups is 2. The number of nitrogens with one attached hydrogen (secondary N) is 1. The van der Waals surface area contributed by atoms with Gasteiger partial charge in [0.1, 0.15) is 6.10 Å². The fraction of sp³-hybridized carbons (Fsp3) is 0.429. The summed E-state index contributed by atoms with van der Waals surface area (Å²) in [6.07, 6.45) is -0.998.